The summed E-state index contributed by atoms with van der Waals surface area (Å²) in [7, 11) is 0. The summed E-state index contributed by atoms with van der Waals surface area (Å²) in [5.74, 6) is -2.72. The fraction of sp³-hybridized carbons (Fsp3) is 0.450. The van der Waals surface area contributed by atoms with Crippen LogP contribution < -0.4 is 4.90 Å². The summed E-state index contributed by atoms with van der Waals surface area (Å²) < 4.78 is 30.2. The lowest BCUT2D eigenvalue weighted by Crippen LogP contribution is -2.39. The summed E-state index contributed by atoms with van der Waals surface area (Å²) in [5.41, 5.74) is 2.48. The molecule has 3 heterocycles. The third kappa shape index (κ3) is 3.38. The zero-order chi connectivity index (χ0) is 19.2. The molecule has 1 atom stereocenters. The highest BCUT2D eigenvalue weighted by Crippen LogP contribution is 2.43. The normalized spacial score (nSPS) is 19.7. The van der Waals surface area contributed by atoms with Gasteiger partial charge in [-0.2, -0.15) is 0 Å². The molecule has 3 aromatic rings. The second-order valence-corrected chi connectivity index (χ2v) is 8.21. The van der Waals surface area contributed by atoms with E-state index in [2.05, 4.69) is 21.4 Å². The zero-order valence-electron chi connectivity index (χ0n) is 15.7. The Labute approximate surface area is 157 Å². The second-order valence-electron chi connectivity index (χ2n) is 8.21. The van der Waals surface area contributed by atoms with Gasteiger partial charge in [0.15, 0.2) is 11.2 Å². The number of pyridine rings is 1. The van der Waals surface area contributed by atoms with Crippen molar-refractivity contribution < 1.29 is 8.78 Å². The molecule has 1 aliphatic heterocycles. The van der Waals surface area contributed by atoms with E-state index in [1.54, 1.807) is 21.8 Å². The van der Waals surface area contributed by atoms with Crippen molar-refractivity contribution in [2.24, 2.45) is 5.41 Å². The highest BCUT2D eigenvalue weighted by Gasteiger charge is 2.49. The van der Waals surface area contributed by atoms with E-state index >= 15 is 0 Å². The van der Waals surface area contributed by atoms with Crippen molar-refractivity contribution in [3.8, 4) is 0 Å². The van der Waals surface area contributed by atoms with Crippen LogP contribution in [0.1, 0.15) is 32.8 Å². The van der Waals surface area contributed by atoms with Gasteiger partial charge >= 0.3 is 0 Å². The van der Waals surface area contributed by atoms with E-state index < -0.39 is 5.92 Å². The predicted molar refractivity (Wildman–Crippen MR) is 99.9 cm³/mol. The van der Waals surface area contributed by atoms with E-state index in [0.717, 1.165) is 5.56 Å². The van der Waals surface area contributed by atoms with Gasteiger partial charge in [0.05, 0.1) is 18.8 Å². The Hall–Kier alpha value is -2.57. The monoisotopic (exact) mass is 370 g/mol. The molecule has 27 heavy (non-hydrogen) atoms. The first-order valence-corrected chi connectivity index (χ1v) is 9.03. The van der Waals surface area contributed by atoms with Crippen molar-refractivity contribution in [2.75, 3.05) is 11.4 Å². The maximum absolute atomic E-state index is 14.3. The standard InChI is InChI=1S/C20H22F2N5/c1-19(2,3)16-11-20(21,22)13-26(16)15-9-10-23-18-17(15)24-25-27(18)12-14-7-5-4-6-8-14/h4-7,9-10,16H,11-13H2,1-3H3/t16-/m0/s1. The zero-order valence-corrected chi connectivity index (χ0v) is 15.7. The molecule has 4 rings (SSSR count). The minimum atomic E-state index is -2.72. The van der Waals surface area contributed by atoms with Gasteiger partial charge in [0.2, 0.25) is 0 Å². The molecule has 1 saturated heterocycles. The van der Waals surface area contributed by atoms with Crippen LogP contribution in [0.15, 0.2) is 36.5 Å². The van der Waals surface area contributed by atoms with Gasteiger partial charge in [-0.25, -0.2) is 18.4 Å². The van der Waals surface area contributed by atoms with Crippen molar-refractivity contribution in [1.82, 2.24) is 20.0 Å². The summed E-state index contributed by atoms with van der Waals surface area (Å²) in [6.07, 6.45) is 1.48. The molecule has 0 aliphatic carbocycles. The summed E-state index contributed by atoms with van der Waals surface area (Å²) in [6, 6.07) is 12.3. The Morgan fingerprint density at radius 2 is 2.07 bits per heavy atom. The lowest BCUT2D eigenvalue weighted by atomic mass is 9.84. The Morgan fingerprint density at radius 1 is 1.26 bits per heavy atom. The highest BCUT2D eigenvalue weighted by atomic mass is 19.3. The van der Waals surface area contributed by atoms with Gasteiger partial charge in [0.25, 0.3) is 5.92 Å². The molecule has 0 amide bonds. The van der Waals surface area contributed by atoms with Gasteiger partial charge < -0.3 is 4.90 Å². The molecule has 7 heteroatoms. The smallest absolute Gasteiger partial charge is 0.267 e. The van der Waals surface area contributed by atoms with Gasteiger partial charge in [0, 0.05) is 18.7 Å². The number of nitrogens with zero attached hydrogens (tertiary/aromatic N) is 5. The Bertz CT molecular complexity index is 946. The molecule has 0 bridgehead atoms. The van der Waals surface area contributed by atoms with Gasteiger partial charge in [0.1, 0.15) is 0 Å². The number of benzene rings is 1. The first-order chi connectivity index (χ1) is 12.7. The van der Waals surface area contributed by atoms with E-state index in [1.165, 1.54) is 0 Å². The minimum absolute atomic E-state index is 0.159. The number of fused-ring (bicyclic) bond motifs is 1. The van der Waals surface area contributed by atoms with Crippen molar-refractivity contribution in [1.29, 1.82) is 0 Å². The van der Waals surface area contributed by atoms with E-state index in [0.29, 0.717) is 23.4 Å². The molecule has 1 fully saturated rings. The Morgan fingerprint density at radius 3 is 2.78 bits per heavy atom. The highest BCUT2D eigenvalue weighted by molar-refractivity contribution is 5.85. The molecular formula is C20H22F2N5. The van der Waals surface area contributed by atoms with Gasteiger partial charge in [-0.05, 0) is 23.1 Å². The number of alkyl halides is 2. The second kappa shape index (κ2) is 6.25. The lowest BCUT2D eigenvalue weighted by Gasteiger charge is -2.35. The van der Waals surface area contributed by atoms with Crippen LogP contribution in [0.4, 0.5) is 14.5 Å². The number of aromatic nitrogens is 4. The Balaban J connectivity index is 1.75. The molecule has 0 spiro atoms. The van der Waals surface area contributed by atoms with Crippen LogP contribution in [0.3, 0.4) is 0 Å². The van der Waals surface area contributed by atoms with Gasteiger partial charge in [-0.15, -0.1) is 5.10 Å². The van der Waals surface area contributed by atoms with Crippen molar-refractivity contribution in [3.05, 3.63) is 48.2 Å². The summed E-state index contributed by atoms with van der Waals surface area (Å²) in [6.45, 7) is 6.14. The van der Waals surface area contributed by atoms with Crippen LogP contribution in [0.5, 0.6) is 0 Å². The summed E-state index contributed by atoms with van der Waals surface area (Å²) >= 11 is 0. The van der Waals surface area contributed by atoms with Gasteiger partial charge in [-0.3, -0.25) is 0 Å². The van der Waals surface area contributed by atoms with Gasteiger partial charge in [-0.1, -0.05) is 50.3 Å². The number of hydrogen-bond donors (Lipinski definition) is 0. The molecule has 141 valence electrons. The first-order valence-electron chi connectivity index (χ1n) is 9.03. The van der Waals surface area contributed by atoms with E-state index in [-0.39, 0.29) is 24.4 Å². The number of halogens is 2. The molecule has 2 aromatic heterocycles. The van der Waals surface area contributed by atoms with Crippen LogP contribution in [0.2, 0.25) is 0 Å². The van der Waals surface area contributed by atoms with E-state index in [1.807, 2.05) is 45.0 Å². The average molecular weight is 370 g/mol. The maximum atomic E-state index is 14.3. The van der Waals surface area contributed by atoms with Crippen LogP contribution in [0, 0.1) is 11.5 Å². The molecule has 5 nitrogen and oxygen atoms in total. The largest absolute Gasteiger partial charge is 0.360 e. The summed E-state index contributed by atoms with van der Waals surface area (Å²) in [4.78, 5) is 6.18. The molecule has 0 N–H and O–H groups in total. The van der Waals surface area contributed by atoms with Crippen LogP contribution in [-0.2, 0) is 6.54 Å². The fourth-order valence-electron chi connectivity index (χ4n) is 3.73. The molecule has 0 saturated carbocycles. The predicted octanol–water partition coefficient (Wildman–Crippen LogP) is 3.93. The molecular weight excluding hydrogens is 348 g/mol. The first kappa shape index (κ1) is 17.8. The number of hydrogen-bond acceptors (Lipinski definition) is 4. The average Bonchev–Trinajstić information content (AvgIpc) is 3.16. The van der Waals surface area contributed by atoms with Crippen molar-refractivity contribution in [2.45, 2.75) is 45.7 Å². The van der Waals surface area contributed by atoms with Crippen molar-refractivity contribution >= 4 is 16.9 Å². The third-order valence-electron chi connectivity index (χ3n) is 5.05. The maximum Gasteiger partial charge on any atom is 0.267 e. The third-order valence-corrected chi connectivity index (χ3v) is 5.05. The van der Waals surface area contributed by atoms with Crippen LogP contribution in [0.25, 0.3) is 11.2 Å². The molecule has 1 aliphatic rings. The van der Waals surface area contributed by atoms with E-state index in [9.17, 15) is 8.78 Å². The quantitative estimate of drug-likeness (QED) is 0.701. The number of rotatable bonds is 3. The fourth-order valence-corrected chi connectivity index (χ4v) is 3.73. The molecule has 1 aromatic carbocycles. The van der Waals surface area contributed by atoms with E-state index in [4.69, 9.17) is 0 Å². The van der Waals surface area contributed by atoms with Crippen molar-refractivity contribution in [3.63, 3.8) is 0 Å². The Kier molecular flexibility index (Phi) is 4.13. The molecule has 1 radical (unpaired) electrons. The lowest BCUT2D eigenvalue weighted by molar-refractivity contribution is 0.0178. The summed E-state index contributed by atoms with van der Waals surface area (Å²) in [5, 5.41) is 8.49. The van der Waals surface area contributed by atoms with Crippen LogP contribution in [-0.4, -0.2) is 38.5 Å². The number of anilines is 1. The van der Waals surface area contributed by atoms with Crippen LogP contribution >= 0.6 is 0 Å². The topological polar surface area (TPSA) is 46.8 Å². The minimum Gasteiger partial charge on any atom is -0.360 e. The SMILES string of the molecule is CC(C)(C)[C@@H]1CC(F)(F)CN1c1ccnc2c1nnn2Cc1[c]cccc1. The molecule has 0 unspecified atom stereocenters.